The van der Waals surface area contributed by atoms with Crippen LogP contribution in [0.2, 0.25) is 0 Å². The van der Waals surface area contributed by atoms with Gasteiger partial charge in [-0.3, -0.25) is 4.79 Å². The first kappa shape index (κ1) is 15.5. The number of anilines is 1. The van der Waals surface area contributed by atoms with Gasteiger partial charge in [0, 0.05) is 16.9 Å². The SMILES string of the molecule is O=C(Nc1ccc(F)cc1)c1nn(-c2ccc(F)cc2)c2c1CCC2. The van der Waals surface area contributed by atoms with Crippen LogP contribution in [-0.4, -0.2) is 15.7 Å². The van der Waals surface area contributed by atoms with Gasteiger partial charge in [0.1, 0.15) is 11.6 Å². The minimum atomic E-state index is -0.362. The van der Waals surface area contributed by atoms with Crippen LogP contribution in [0.3, 0.4) is 0 Å². The molecule has 0 spiro atoms. The summed E-state index contributed by atoms with van der Waals surface area (Å²) in [5.74, 6) is -1.01. The lowest BCUT2D eigenvalue weighted by Crippen LogP contribution is -2.15. The summed E-state index contributed by atoms with van der Waals surface area (Å²) < 4.78 is 27.9. The van der Waals surface area contributed by atoms with Crippen molar-refractivity contribution >= 4 is 11.6 Å². The number of hydrogen-bond donors (Lipinski definition) is 1. The molecule has 1 aliphatic rings. The molecule has 0 saturated carbocycles. The van der Waals surface area contributed by atoms with Crippen LogP contribution in [0, 0.1) is 11.6 Å². The molecule has 1 heterocycles. The molecule has 0 aliphatic heterocycles. The van der Waals surface area contributed by atoms with Crippen molar-refractivity contribution in [3.05, 3.63) is 77.1 Å². The van der Waals surface area contributed by atoms with Gasteiger partial charge >= 0.3 is 0 Å². The minimum absolute atomic E-state index is 0.318. The molecule has 4 rings (SSSR count). The fourth-order valence-electron chi connectivity index (χ4n) is 3.14. The summed E-state index contributed by atoms with van der Waals surface area (Å²) in [4.78, 5) is 12.6. The van der Waals surface area contributed by atoms with Gasteiger partial charge in [0.15, 0.2) is 5.69 Å². The van der Waals surface area contributed by atoms with Crippen LogP contribution >= 0.6 is 0 Å². The summed E-state index contributed by atoms with van der Waals surface area (Å²) >= 11 is 0. The number of carbonyl (C=O) groups excluding carboxylic acids is 1. The lowest BCUT2D eigenvalue weighted by molar-refractivity contribution is 0.102. The van der Waals surface area contributed by atoms with Gasteiger partial charge in [0.2, 0.25) is 0 Å². The van der Waals surface area contributed by atoms with E-state index < -0.39 is 0 Å². The van der Waals surface area contributed by atoms with Gasteiger partial charge in [-0.05, 0) is 67.8 Å². The number of amides is 1. The van der Waals surface area contributed by atoms with Crippen molar-refractivity contribution in [2.75, 3.05) is 5.32 Å². The maximum absolute atomic E-state index is 13.2. The van der Waals surface area contributed by atoms with E-state index in [9.17, 15) is 13.6 Å². The van der Waals surface area contributed by atoms with E-state index in [1.165, 1.54) is 36.4 Å². The van der Waals surface area contributed by atoms with E-state index in [0.29, 0.717) is 11.4 Å². The molecule has 3 aromatic rings. The van der Waals surface area contributed by atoms with Gasteiger partial charge in [-0.15, -0.1) is 0 Å². The lowest BCUT2D eigenvalue weighted by Gasteiger charge is -2.05. The fraction of sp³-hybridized carbons (Fsp3) is 0.158. The molecule has 4 nitrogen and oxygen atoms in total. The molecule has 0 fully saturated rings. The highest BCUT2D eigenvalue weighted by molar-refractivity contribution is 6.04. The van der Waals surface area contributed by atoms with Crippen molar-refractivity contribution < 1.29 is 13.6 Å². The first-order chi connectivity index (χ1) is 12.1. The zero-order chi connectivity index (χ0) is 17.4. The predicted molar refractivity (Wildman–Crippen MR) is 89.9 cm³/mol. The third-order valence-electron chi connectivity index (χ3n) is 4.32. The average Bonchev–Trinajstić information content (AvgIpc) is 3.20. The number of carbonyl (C=O) groups is 1. The number of fused-ring (bicyclic) bond motifs is 1. The van der Waals surface area contributed by atoms with E-state index in [4.69, 9.17) is 0 Å². The van der Waals surface area contributed by atoms with E-state index in [2.05, 4.69) is 10.4 Å². The summed E-state index contributed by atoms with van der Waals surface area (Å²) in [6.45, 7) is 0. The normalized spacial score (nSPS) is 12.9. The molecule has 0 atom stereocenters. The molecule has 0 bridgehead atoms. The third kappa shape index (κ3) is 2.91. The van der Waals surface area contributed by atoms with E-state index in [1.807, 2.05) is 0 Å². The Labute approximate surface area is 143 Å². The zero-order valence-corrected chi connectivity index (χ0v) is 13.3. The zero-order valence-electron chi connectivity index (χ0n) is 13.3. The van der Waals surface area contributed by atoms with Crippen LogP contribution in [-0.2, 0) is 12.8 Å². The number of aromatic nitrogens is 2. The highest BCUT2D eigenvalue weighted by atomic mass is 19.1. The molecule has 1 aliphatic carbocycles. The van der Waals surface area contributed by atoms with Gasteiger partial charge in [-0.25, -0.2) is 13.5 Å². The molecule has 1 aromatic heterocycles. The van der Waals surface area contributed by atoms with Crippen LogP contribution in [0.4, 0.5) is 14.5 Å². The van der Waals surface area contributed by atoms with Crippen molar-refractivity contribution in [1.82, 2.24) is 9.78 Å². The second-order valence-corrected chi connectivity index (χ2v) is 5.98. The summed E-state index contributed by atoms with van der Waals surface area (Å²) in [5.41, 5.74) is 3.50. The van der Waals surface area contributed by atoms with Gasteiger partial charge in [-0.2, -0.15) is 5.10 Å². The molecule has 1 N–H and O–H groups in total. The first-order valence-electron chi connectivity index (χ1n) is 8.05. The lowest BCUT2D eigenvalue weighted by atomic mass is 10.2. The molecule has 1 amide bonds. The largest absolute Gasteiger partial charge is 0.321 e. The quantitative estimate of drug-likeness (QED) is 0.787. The van der Waals surface area contributed by atoms with E-state index in [1.54, 1.807) is 16.8 Å². The van der Waals surface area contributed by atoms with Crippen molar-refractivity contribution in [3.63, 3.8) is 0 Å². The molecule has 6 heteroatoms. The number of benzene rings is 2. The smallest absolute Gasteiger partial charge is 0.276 e. The first-order valence-corrected chi connectivity index (χ1v) is 8.05. The standard InChI is InChI=1S/C19H15F2N3O/c20-12-4-8-14(9-5-12)22-19(25)18-16-2-1-3-17(16)24(23-18)15-10-6-13(21)7-11-15/h4-11H,1-3H2,(H,22,25). The Morgan fingerprint density at radius 1 is 0.960 bits per heavy atom. The van der Waals surface area contributed by atoms with Crippen molar-refractivity contribution in [2.45, 2.75) is 19.3 Å². The predicted octanol–water partition coefficient (Wildman–Crippen LogP) is 3.89. The molecular formula is C19H15F2N3O. The average molecular weight is 339 g/mol. The number of rotatable bonds is 3. The van der Waals surface area contributed by atoms with Gasteiger partial charge in [0.25, 0.3) is 5.91 Å². The van der Waals surface area contributed by atoms with Crippen molar-refractivity contribution in [2.24, 2.45) is 0 Å². The number of halogens is 2. The molecule has 0 radical (unpaired) electrons. The summed E-state index contributed by atoms with van der Waals surface area (Å²) in [7, 11) is 0. The highest BCUT2D eigenvalue weighted by Crippen LogP contribution is 2.28. The van der Waals surface area contributed by atoms with E-state index in [-0.39, 0.29) is 17.5 Å². The van der Waals surface area contributed by atoms with Crippen LogP contribution in [0.5, 0.6) is 0 Å². The Bertz CT molecular complexity index is 931. The molecule has 2 aromatic carbocycles. The summed E-state index contributed by atoms with van der Waals surface area (Å²) in [6.07, 6.45) is 2.55. The Kier molecular flexibility index (Phi) is 3.80. The van der Waals surface area contributed by atoms with Crippen LogP contribution in [0.1, 0.15) is 28.2 Å². The van der Waals surface area contributed by atoms with E-state index >= 15 is 0 Å². The van der Waals surface area contributed by atoms with Gasteiger partial charge in [-0.1, -0.05) is 0 Å². The van der Waals surface area contributed by atoms with Crippen molar-refractivity contribution in [3.8, 4) is 5.69 Å². The number of nitrogens with zero attached hydrogens (tertiary/aromatic N) is 2. The topological polar surface area (TPSA) is 46.9 Å². The van der Waals surface area contributed by atoms with Crippen LogP contribution in [0.15, 0.2) is 48.5 Å². The molecule has 0 saturated heterocycles. The second kappa shape index (κ2) is 6.12. The van der Waals surface area contributed by atoms with Crippen LogP contribution < -0.4 is 5.32 Å². The van der Waals surface area contributed by atoms with Crippen molar-refractivity contribution in [1.29, 1.82) is 0 Å². The maximum Gasteiger partial charge on any atom is 0.276 e. The monoisotopic (exact) mass is 339 g/mol. The molecule has 25 heavy (non-hydrogen) atoms. The van der Waals surface area contributed by atoms with Gasteiger partial charge < -0.3 is 5.32 Å². The molecular weight excluding hydrogens is 324 g/mol. The van der Waals surface area contributed by atoms with Gasteiger partial charge in [0.05, 0.1) is 5.69 Å². The number of nitrogens with one attached hydrogen (secondary N) is 1. The Morgan fingerprint density at radius 2 is 1.60 bits per heavy atom. The molecule has 126 valence electrons. The Hall–Kier alpha value is -3.02. The maximum atomic E-state index is 13.2. The summed E-state index contributed by atoms with van der Waals surface area (Å²) in [5, 5.41) is 7.20. The second-order valence-electron chi connectivity index (χ2n) is 5.98. The summed E-state index contributed by atoms with van der Waals surface area (Å²) in [6, 6.07) is 11.6. The number of hydrogen-bond acceptors (Lipinski definition) is 2. The third-order valence-corrected chi connectivity index (χ3v) is 4.32. The molecule has 0 unspecified atom stereocenters. The highest BCUT2D eigenvalue weighted by Gasteiger charge is 2.27. The Morgan fingerprint density at radius 3 is 2.28 bits per heavy atom. The van der Waals surface area contributed by atoms with Crippen LogP contribution in [0.25, 0.3) is 5.69 Å². The minimum Gasteiger partial charge on any atom is -0.321 e. The Balaban J connectivity index is 1.68. The fourth-order valence-corrected chi connectivity index (χ4v) is 3.14. The van der Waals surface area contributed by atoms with E-state index in [0.717, 1.165) is 36.2 Å².